The molecule has 7 nitrogen and oxygen atoms in total. The van der Waals surface area contributed by atoms with Crippen LogP contribution in [0.4, 0.5) is 5.69 Å². The minimum Gasteiger partial charge on any atom is -0.445 e. The van der Waals surface area contributed by atoms with Crippen LogP contribution in [0, 0.1) is 0 Å². The molecule has 2 aromatic carbocycles. The highest BCUT2D eigenvalue weighted by Crippen LogP contribution is 2.35. The zero-order chi connectivity index (χ0) is 23.1. The van der Waals surface area contributed by atoms with E-state index >= 15 is 0 Å². The van der Waals surface area contributed by atoms with E-state index in [4.69, 9.17) is 4.74 Å². The first-order chi connectivity index (χ1) is 15.2. The maximum atomic E-state index is 13.6. The van der Waals surface area contributed by atoms with Gasteiger partial charge in [-0.05, 0) is 55.2 Å². The molecule has 0 aromatic heterocycles. The highest BCUT2D eigenvalue weighted by atomic mass is 32.2. The lowest BCUT2D eigenvalue weighted by Crippen LogP contribution is -2.54. The van der Waals surface area contributed by atoms with Crippen molar-refractivity contribution in [2.24, 2.45) is 0 Å². The van der Waals surface area contributed by atoms with Gasteiger partial charge < -0.3 is 9.64 Å². The molecule has 1 atom stereocenters. The number of benzene rings is 2. The van der Waals surface area contributed by atoms with E-state index in [2.05, 4.69) is 0 Å². The first-order valence-electron chi connectivity index (χ1n) is 11.0. The number of hydrogen-bond donors (Lipinski definition) is 0. The first kappa shape index (κ1) is 22.5. The molecule has 1 amide bonds. The van der Waals surface area contributed by atoms with E-state index in [1.54, 1.807) is 42.2 Å². The molecule has 2 aliphatic rings. The average Bonchev–Trinajstić information content (AvgIpc) is 2.78. The number of sulfonamides is 1. The number of amides is 1. The summed E-state index contributed by atoms with van der Waals surface area (Å²) in [6, 6.07) is 12.1. The summed E-state index contributed by atoms with van der Waals surface area (Å²) in [5.41, 5.74) is 1.45. The minimum absolute atomic E-state index is 0.235. The number of nitrogens with zero attached hydrogens (tertiary/aromatic N) is 2. The highest BCUT2D eigenvalue weighted by molar-refractivity contribution is 7.89. The summed E-state index contributed by atoms with van der Waals surface area (Å²) in [5.74, 6) is -0.791. The van der Waals surface area contributed by atoms with Gasteiger partial charge in [-0.15, -0.1) is 0 Å². The van der Waals surface area contributed by atoms with Crippen LogP contribution in [0.5, 0.6) is 0 Å². The third-order valence-corrected chi connectivity index (χ3v) is 8.34. The number of fused-ring (bicyclic) bond motifs is 2. The van der Waals surface area contributed by atoms with Crippen molar-refractivity contribution >= 4 is 27.6 Å². The monoisotopic (exact) mass is 456 g/mol. The predicted molar refractivity (Wildman–Crippen MR) is 121 cm³/mol. The first-order valence-corrected chi connectivity index (χ1v) is 12.4. The lowest BCUT2D eigenvalue weighted by Gasteiger charge is -2.39. The fourth-order valence-corrected chi connectivity index (χ4v) is 6.10. The molecule has 2 aliphatic heterocycles. The predicted octanol–water partition coefficient (Wildman–Crippen LogP) is 3.17. The molecule has 2 aromatic rings. The van der Waals surface area contributed by atoms with Crippen molar-refractivity contribution in [2.45, 2.75) is 50.5 Å². The van der Waals surface area contributed by atoms with E-state index in [1.165, 1.54) is 4.31 Å². The Bertz CT molecular complexity index is 1170. The Morgan fingerprint density at radius 3 is 2.56 bits per heavy atom. The average molecular weight is 457 g/mol. The standard InChI is InChI=1S/C24H28N2O5S/c1-4-25(5-2)32(29,30)19-12-13-21-17(15-19)10-8-14-26(21)23(28)24(3)16-18-9-6-7-11-20(18)22(27)31-24/h6-7,9,11-13,15H,4-5,8,10,14,16H2,1-3H3. The Hall–Kier alpha value is -2.71. The van der Waals surface area contributed by atoms with Gasteiger partial charge in [-0.2, -0.15) is 4.31 Å². The molecule has 0 aliphatic carbocycles. The second kappa shape index (κ2) is 8.33. The zero-order valence-electron chi connectivity index (χ0n) is 18.6. The van der Waals surface area contributed by atoms with E-state index in [1.807, 2.05) is 26.0 Å². The van der Waals surface area contributed by atoms with Crippen LogP contribution in [0.3, 0.4) is 0 Å². The molecule has 8 heteroatoms. The molecule has 0 N–H and O–H groups in total. The normalized spacial score (nSPS) is 20.5. The molecule has 4 rings (SSSR count). The number of carbonyl (C=O) groups is 2. The SMILES string of the molecule is CCN(CC)S(=O)(=O)c1ccc2c(c1)CCCN2C(=O)C1(C)Cc2ccccc2C(=O)O1. The van der Waals surface area contributed by atoms with Gasteiger partial charge in [-0.3, -0.25) is 4.79 Å². The summed E-state index contributed by atoms with van der Waals surface area (Å²) >= 11 is 0. The summed E-state index contributed by atoms with van der Waals surface area (Å²) in [4.78, 5) is 28.0. The quantitative estimate of drug-likeness (QED) is 0.646. The van der Waals surface area contributed by atoms with Gasteiger partial charge in [0.05, 0.1) is 10.5 Å². The van der Waals surface area contributed by atoms with E-state index in [0.29, 0.717) is 50.1 Å². The second-order valence-electron chi connectivity index (χ2n) is 8.39. The van der Waals surface area contributed by atoms with E-state index in [0.717, 1.165) is 11.1 Å². The van der Waals surface area contributed by atoms with E-state index in [9.17, 15) is 18.0 Å². The molecular formula is C24H28N2O5S. The Morgan fingerprint density at radius 1 is 1.12 bits per heavy atom. The van der Waals surface area contributed by atoms with Crippen LogP contribution < -0.4 is 4.90 Å². The highest BCUT2D eigenvalue weighted by Gasteiger charge is 2.46. The van der Waals surface area contributed by atoms with Gasteiger partial charge in [0.15, 0.2) is 5.60 Å². The molecule has 32 heavy (non-hydrogen) atoms. The molecule has 170 valence electrons. The largest absolute Gasteiger partial charge is 0.445 e. The maximum absolute atomic E-state index is 13.6. The number of rotatable bonds is 5. The number of aryl methyl sites for hydroxylation is 1. The molecule has 0 fully saturated rings. The zero-order valence-corrected chi connectivity index (χ0v) is 19.4. The van der Waals surface area contributed by atoms with Crippen LogP contribution in [-0.2, 0) is 32.4 Å². The molecule has 0 saturated heterocycles. The van der Waals surface area contributed by atoms with Crippen molar-refractivity contribution in [1.29, 1.82) is 0 Å². The number of anilines is 1. The fraction of sp³-hybridized carbons (Fsp3) is 0.417. The van der Waals surface area contributed by atoms with Crippen LogP contribution in [-0.4, -0.2) is 49.8 Å². The van der Waals surface area contributed by atoms with E-state index < -0.39 is 21.6 Å². The Morgan fingerprint density at radius 2 is 1.84 bits per heavy atom. The summed E-state index contributed by atoms with van der Waals surface area (Å²) < 4.78 is 32.9. The maximum Gasteiger partial charge on any atom is 0.339 e. The van der Waals surface area contributed by atoms with Gasteiger partial charge in [0.1, 0.15) is 0 Å². The van der Waals surface area contributed by atoms with Gasteiger partial charge in [0.25, 0.3) is 5.91 Å². The van der Waals surface area contributed by atoms with Crippen LogP contribution in [0.1, 0.15) is 48.7 Å². The number of esters is 1. The lowest BCUT2D eigenvalue weighted by molar-refractivity contribution is -0.137. The molecule has 0 spiro atoms. The molecule has 2 heterocycles. The van der Waals surface area contributed by atoms with Crippen LogP contribution in [0.2, 0.25) is 0 Å². The van der Waals surface area contributed by atoms with Gasteiger partial charge in [0, 0.05) is 31.7 Å². The Balaban J connectivity index is 1.67. The van der Waals surface area contributed by atoms with Gasteiger partial charge in [-0.1, -0.05) is 32.0 Å². The van der Waals surface area contributed by atoms with Crippen LogP contribution in [0.25, 0.3) is 0 Å². The third-order valence-electron chi connectivity index (χ3n) is 6.29. The topological polar surface area (TPSA) is 84.0 Å². The second-order valence-corrected chi connectivity index (χ2v) is 10.3. The van der Waals surface area contributed by atoms with Crippen LogP contribution >= 0.6 is 0 Å². The van der Waals surface area contributed by atoms with Crippen molar-refractivity contribution in [2.75, 3.05) is 24.5 Å². The molecule has 1 unspecified atom stereocenters. The Kier molecular flexibility index (Phi) is 5.85. The fourth-order valence-electron chi connectivity index (χ4n) is 4.59. The molecular weight excluding hydrogens is 428 g/mol. The molecule has 0 bridgehead atoms. The summed E-state index contributed by atoms with van der Waals surface area (Å²) in [5, 5.41) is 0. The number of ether oxygens (including phenoxy) is 1. The number of carbonyl (C=O) groups excluding carboxylic acids is 2. The smallest absolute Gasteiger partial charge is 0.339 e. The van der Waals surface area contributed by atoms with Gasteiger partial charge in [0.2, 0.25) is 10.0 Å². The van der Waals surface area contributed by atoms with Crippen molar-refractivity contribution in [3.05, 3.63) is 59.2 Å². The number of hydrogen-bond acceptors (Lipinski definition) is 5. The summed E-state index contributed by atoms with van der Waals surface area (Å²) in [6.45, 7) is 6.55. The van der Waals surface area contributed by atoms with E-state index in [-0.39, 0.29) is 10.8 Å². The lowest BCUT2D eigenvalue weighted by atomic mass is 9.88. The third kappa shape index (κ3) is 3.71. The number of cyclic esters (lactones) is 1. The van der Waals surface area contributed by atoms with Crippen molar-refractivity contribution in [1.82, 2.24) is 4.31 Å². The van der Waals surface area contributed by atoms with Crippen molar-refractivity contribution < 1.29 is 22.7 Å². The molecule has 0 radical (unpaired) electrons. The van der Waals surface area contributed by atoms with Crippen molar-refractivity contribution in [3.8, 4) is 0 Å². The summed E-state index contributed by atoms with van der Waals surface area (Å²) in [6.07, 6.45) is 1.68. The van der Waals surface area contributed by atoms with Crippen LogP contribution in [0.15, 0.2) is 47.4 Å². The Labute approximate surface area is 189 Å². The molecule has 0 saturated carbocycles. The van der Waals surface area contributed by atoms with Gasteiger partial charge in [-0.25, -0.2) is 13.2 Å². The van der Waals surface area contributed by atoms with Crippen molar-refractivity contribution in [3.63, 3.8) is 0 Å². The minimum atomic E-state index is -3.59. The van der Waals surface area contributed by atoms with Gasteiger partial charge >= 0.3 is 5.97 Å². The summed E-state index contributed by atoms with van der Waals surface area (Å²) in [7, 11) is -3.59.